The second kappa shape index (κ2) is 7.80. The zero-order valence-corrected chi connectivity index (χ0v) is 11.0. The van der Waals surface area contributed by atoms with Gasteiger partial charge in [-0.2, -0.15) is 0 Å². The topological polar surface area (TPSA) is 111 Å². The Hall–Kier alpha value is -2.54. The number of anilines is 1. The predicted molar refractivity (Wildman–Crippen MR) is 71.9 cm³/mol. The van der Waals surface area contributed by atoms with Crippen LogP contribution in [0.4, 0.5) is 5.69 Å². The summed E-state index contributed by atoms with van der Waals surface area (Å²) in [7, 11) is 1.19. The monoisotopic (exact) mass is 280 g/mol. The lowest BCUT2D eigenvalue weighted by molar-refractivity contribution is -0.135. The minimum Gasteiger partial charge on any atom is -0.489 e. The molecule has 108 valence electrons. The highest BCUT2D eigenvalue weighted by Crippen LogP contribution is 2.25. The number of para-hydroxylation sites is 2. The second-order valence-corrected chi connectivity index (χ2v) is 3.64. The number of carbonyl (C=O) groups excluding carboxylic acids is 2. The number of rotatable bonds is 7. The van der Waals surface area contributed by atoms with Crippen LogP contribution in [0, 0.1) is 0 Å². The van der Waals surface area contributed by atoms with E-state index in [4.69, 9.17) is 15.6 Å². The fourth-order valence-electron chi connectivity index (χ4n) is 1.34. The smallest absolute Gasteiger partial charge is 0.332 e. The van der Waals surface area contributed by atoms with E-state index in [9.17, 15) is 9.59 Å². The highest BCUT2D eigenvalue weighted by Gasteiger charge is 2.11. The summed E-state index contributed by atoms with van der Waals surface area (Å²) in [5.41, 5.74) is 5.49. The van der Waals surface area contributed by atoms with Gasteiger partial charge in [0.1, 0.15) is 18.1 Å². The number of nitrogens with one attached hydrogen (secondary N) is 1. The van der Waals surface area contributed by atoms with Crippen LogP contribution < -0.4 is 15.8 Å². The molecule has 0 fully saturated rings. The van der Waals surface area contributed by atoms with Gasteiger partial charge in [-0.3, -0.25) is 4.79 Å². The molecule has 7 nitrogen and oxygen atoms in total. The van der Waals surface area contributed by atoms with Crippen molar-refractivity contribution in [1.29, 1.82) is 0 Å². The molecule has 7 heteroatoms. The van der Waals surface area contributed by atoms with Crippen molar-refractivity contribution in [3.05, 3.63) is 36.0 Å². The Morgan fingerprint density at radius 3 is 2.70 bits per heavy atom. The van der Waals surface area contributed by atoms with Crippen LogP contribution in [0.25, 0.3) is 0 Å². The molecule has 1 aromatic carbocycles. The number of aliphatic hydroxyl groups excluding tert-OH is 1. The number of primary amides is 1. The van der Waals surface area contributed by atoms with Crippen LogP contribution in [-0.2, 0) is 14.3 Å². The summed E-state index contributed by atoms with van der Waals surface area (Å²) in [4.78, 5) is 22.4. The average Bonchev–Trinajstić information content (AvgIpc) is 2.45. The molecule has 0 atom stereocenters. The molecule has 1 rings (SSSR count). The van der Waals surface area contributed by atoms with Crippen LogP contribution in [0.15, 0.2) is 36.0 Å². The Balaban J connectivity index is 2.97. The van der Waals surface area contributed by atoms with E-state index in [0.717, 1.165) is 6.08 Å². The van der Waals surface area contributed by atoms with Gasteiger partial charge in [-0.05, 0) is 12.1 Å². The summed E-state index contributed by atoms with van der Waals surface area (Å²) < 4.78 is 9.73. The number of amides is 1. The average molecular weight is 280 g/mol. The minimum atomic E-state index is -0.813. The quantitative estimate of drug-likeness (QED) is 0.479. The largest absolute Gasteiger partial charge is 0.489 e. The standard InChI is InChI=1S/C13H16N2O5/c1-19-12(17)8-10(13(14)18)15-9-4-2-3-5-11(9)20-7-6-16/h2-5,8,15-16H,6-7H2,1H3,(H2,14,18)/b10-8+. The summed E-state index contributed by atoms with van der Waals surface area (Å²) in [6.07, 6.45) is 0.950. The Kier molecular flexibility index (Phi) is 6.05. The third-order valence-corrected chi connectivity index (χ3v) is 2.23. The number of hydrogen-bond acceptors (Lipinski definition) is 6. The first-order valence-corrected chi connectivity index (χ1v) is 5.77. The van der Waals surface area contributed by atoms with Crippen molar-refractivity contribution in [3.63, 3.8) is 0 Å². The van der Waals surface area contributed by atoms with E-state index >= 15 is 0 Å². The lowest BCUT2D eigenvalue weighted by Gasteiger charge is -2.13. The molecule has 0 aliphatic rings. The van der Waals surface area contributed by atoms with Gasteiger partial charge in [0.2, 0.25) is 0 Å². The van der Waals surface area contributed by atoms with Crippen molar-refractivity contribution in [2.45, 2.75) is 0 Å². The van der Waals surface area contributed by atoms with Gasteiger partial charge in [0, 0.05) is 0 Å². The molecule has 0 saturated carbocycles. The number of methoxy groups -OCH3 is 1. The summed E-state index contributed by atoms with van der Waals surface area (Å²) in [6, 6.07) is 6.73. The number of carbonyl (C=O) groups is 2. The lowest BCUT2D eigenvalue weighted by atomic mass is 10.2. The first-order chi connectivity index (χ1) is 9.58. The zero-order chi connectivity index (χ0) is 15.0. The maximum atomic E-state index is 11.3. The maximum Gasteiger partial charge on any atom is 0.332 e. The van der Waals surface area contributed by atoms with E-state index in [1.54, 1.807) is 24.3 Å². The number of aliphatic hydroxyl groups is 1. The predicted octanol–water partition coefficient (Wildman–Crippen LogP) is 0.0118. The molecule has 0 bridgehead atoms. The Labute approximate surface area is 116 Å². The molecule has 1 amide bonds. The number of hydrogen-bond donors (Lipinski definition) is 3. The van der Waals surface area contributed by atoms with Crippen molar-refractivity contribution < 1.29 is 24.2 Å². The van der Waals surface area contributed by atoms with Gasteiger partial charge in [-0.25, -0.2) is 4.79 Å². The number of esters is 1. The highest BCUT2D eigenvalue weighted by molar-refractivity contribution is 6.01. The van der Waals surface area contributed by atoms with Crippen molar-refractivity contribution >= 4 is 17.6 Å². The third kappa shape index (κ3) is 4.62. The van der Waals surface area contributed by atoms with E-state index in [2.05, 4.69) is 10.1 Å². The summed E-state index contributed by atoms with van der Waals surface area (Å²) in [5.74, 6) is -1.11. The molecule has 0 saturated heterocycles. The van der Waals surface area contributed by atoms with Gasteiger partial charge in [0.15, 0.2) is 0 Å². The highest BCUT2D eigenvalue weighted by atomic mass is 16.5. The van der Waals surface area contributed by atoms with Crippen LogP contribution in [0.1, 0.15) is 0 Å². The molecule has 0 aliphatic heterocycles. The molecular weight excluding hydrogens is 264 g/mol. The Morgan fingerprint density at radius 2 is 2.10 bits per heavy atom. The number of ether oxygens (including phenoxy) is 2. The fourth-order valence-corrected chi connectivity index (χ4v) is 1.34. The van der Waals surface area contributed by atoms with Crippen molar-refractivity contribution in [2.24, 2.45) is 5.73 Å². The fraction of sp³-hybridized carbons (Fsp3) is 0.231. The van der Waals surface area contributed by atoms with E-state index < -0.39 is 11.9 Å². The van der Waals surface area contributed by atoms with Crippen LogP contribution >= 0.6 is 0 Å². The summed E-state index contributed by atoms with van der Waals surface area (Å²) in [6.45, 7) is -0.0413. The molecule has 0 spiro atoms. The molecule has 0 radical (unpaired) electrons. The molecule has 0 heterocycles. The third-order valence-electron chi connectivity index (χ3n) is 2.23. The second-order valence-electron chi connectivity index (χ2n) is 3.64. The lowest BCUT2D eigenvalue weighted by Crippen LogP contribution is -2.21. The molecule has 0 aliphatic carbocycles. The normalized spacial score (nSPS) is 10.8. The first-order valence-electron chi connectivity index (χ1n) is 5.77. The van der Waals surface area contributed by atoms with Gasteiger partial charge < -0.3 is 25.6 Å². The van der Waals surface area contributed by atoms with E-state index in [0.29, 0.717) is 11.4 Å². The van der Waals surface area contributed by atoms with Crippen LogP contribution in [0.5, 0.6) is 5.75 Å². The van der Waals surface area contributed by atoms with E-state index in [-0.39, 0.29) is 18.9 Å². The van der Waals surface area contributed by atoms with E-state index in [1.807, 2.05) is 0 Å². The molecule has 4 N–H and O–H groups in total. The molecular formula is C13H16N2O5. The number of nitrogens with two attached hydrogens (primary N) is 1. The Morgan fingerprint density at radius 1 is 1.40 bits per heavy atom. The molecule has 1 aromatic rings. The SMILES string of the molecule is COC(=O)/C=C(/Nc1ccccc1OCCO)C(N)=O. The van der Waals surface area contributed by atoms with Crippen LogP contribution in [-0.4, -0.2) is 37.3 Å². The van der Waals surface area contributed by atoms with Crippen molar-refractivity contribution in [1.82, 2.24) is 0 Å². The van der Waals surface area contributed by atoms with Gasteiger partial charge in [-0.1, -0.05) is 12.1 Å². The summed E-state index contributed by atoms with van der Waals surface area (Å²) in [5, 5.41) is 11.4. The zero-order valence-electron chi connectivity index (χ0n) is 11.0. The van der Waals surface area contributed by atoms with Crippen molar-refractivity contribution in [3.8, 4) is 5.75 Å². The van der Waals surface area contributed by atoms with Gasteiger partial charge in [-0.15, -0.1) is 0 Å². The summed E-state index contributed by atoms with van der Waals surface area (Å²) >= 11 is 0. The van der Waals surface area contributed by atoms with Gasteiger partial charge in [0.25, 0.3) is 5.91 Å². The van der Waals surface area contributed by atoms with Crippen LogP contribution in [0.3, 0.4) is 0 Å². The van der Waals surface area contributed by atoms with Gasteiger partial charge >= 0.3 is 5.97 Å². The molecule has 0 aromatic heterocycles. The van der Waals surface area contributed by atoms with E-state index in [1.165, 1.54) is 7.11 Å². The molecule has 0 unspecified atom stereocenters. The number of benzene rings is 1. The van der Waals surface area contributed by atoms with Crippen LogP contribution in [0.2, 0.25) is 0 Å². The molecule has 20 heavy (non-hydrogen) atoms. The first kappa shape index (κ1) is 15.5. The minimum absolute atomic E-state index is 0.102. The maximum absolute atomic E-state index is 11.3. The van der Waals surface area contributed by atoms with Gasteiger partial charge in [0.05, 0.1) is 25.5 Å². The van der Waals surface area contributed by atoms with Crippen molar-refractivity contribution in [2.75, 3.05) is 25.6 Å². The Bertz CT molecular complexity index is 513.